The van der Waals surface area contributed by atoms with Gasteiger partial charge in [-0.15, -0.1) is 0 Å². The van der Waals surface area contributed by atoms with Gasteiger partial charge in [0, 0.05) is 12.1 Å². The largest absolute Gasteiger partial charge is 0.396 e. The Bertz CT molecular complexity index is 116. The predicted molar refractivity (Wildman–Crippen MR) is 41.9 cm³/mol. The Labute approximate surface area is 62.6 Å². The van der Waals surface area contributed by atoms with Crippen molar-refractivity contribution in [2.24, 2.45) is 5.92 Å². The summed E-state index contributed by atoms with van der Waals surface area (Å²) < 4.78 is 0. The van der Waals surface area contributed by atoms with Crippen LogP contribution in [0.2, 0.25) is 0 Å². The Morgan fingerprint density at radius 1 is 1.70 bits per heavy atom. The Hall–Kier alpha value is -0.0800. The highest BCUT2D eigenvalue weighted by Gasteiger charge is 2.36. The summed E-state index contributed by atoms with van der Waals surface area (Å²) in [4.78, 5) is 0. The molecule has 0 heterocycles. The van der Waals surface area contributed by atoms with Crippen LogP contribution in [0.25, 0.3) is 0 Å². The molecule has 1 aliphatic rings. The van der Waals surface area contributed by atoms with Gasteiger partial charge in [0.2, 0.25) is 0 Å². The Morgan fingerprint density at radius 2 is 2.40 bits per heavy atom. The summed E-state index contributed by atoms with van der Waals surface area (Å²) in [5.74, 6) is 0.470. The zero-order chi connectivity index (χ0) is 7.61. The summed E-state index contributed by atoms with van der Waals surface area (Å²) in [6, 6.07) is 0. The molecule has 2 N–H and O–H groups in total. The molecule has 1 unspecified atom stereocenters. The van der Waals surface area contributed by atoms with Crippen molar-refractivity contribution in [3.63, 3.8) is 0 Å². The molecule has 0 aromatic rings. The molecule has 1 fully saturated rings. The van der Waals surface area contributed by atoms with Crippen molar-refractivity contribution in [1.29, 1.82) is 0 Å². The number of nitrogens with one attached hydrogen (secondary N) is 1. The molecule has 1 aliphatic carbocycles. The van der Waals surface area contributed by atoms with E-state index in [4.69, 9.17) is 5.11 Å². The fourth-order valence-electron chi connectivity index (χ4n) is 1.86. The first-order valence-corrected chi connectivity index (χ1v) is 4.02. The minimum absolute atomic E-state index is 0.203. The van der Waals surface area contributed by atoms with Gasteiger partial charge in [0.1, 0.15) is 0 Å². The minimum Gasteiger partial charge on any atom is -0.396 e. The molecular weight excluding hydrogens is 126 g/mol. The average molecular weight is 143 g/mol. The molecule has 0 aromatic heterocycles. The van der Waals surface area contributed by atoms with Crippen molar-refractivity contribution < 1.29 is 5.11 Å². The van der Waals surface area contributed by atoms with E-state index in [1.54, 1.807) is 0 Å². The van der Waals surface area contributed by atoms with Crippen molar-refractivity contribution in [3.8, 4) is 0 Å². The summed E-state index contributed by atoms with van der Waals surface area (Å²) in [7, 11) is 1.98. The second-order valence-electron chi connectivity index (χ2n) is 3.44. The zero-order valence-electron chi connectivity index (χ0n) is 6.85. The standard InChI is InChI=1S/C8H17NO/c1-8(9-2)5-3-4-7(8)6-10/h7,9-10H,3-6H2,1-2H3/t7-,8?/m1/s1. The maximum atomic E-state index is 8.99. The quantitative estimate of drug-likeness (QED) is 0.598. The molecule has 0 spiro atoms. The third-order valence-corrected chi connectivity index (χ3v) is 2.94. The molecule has 0 aromatic carbocycles. The highest BCUT2D eigenvalue weighted by molar-refractivity contribution is 4.94. The Kier molecular flexibility index (Phi) is 2.32. The predicted octanol–water partition coefficient (Wildman–Crippen LogP) is 0.757. The highest BCUT2D eigenvalue weighted by Crippen LogP contribution is 2.34. The maximum absolute atomic E-state index is 8.99. The molecular formula is C8H17NO. The summed E-state index contributed by atoms with van der Waals surface area (Å²) in [5, 5.41) is 12.3. The molecule has 2 nitrogen and oxygen atoms in total. The first kappa shape index (κ1) is 8.02. The van der Waals surface area contributed by atoms with Gasteiger partial charge in [0.05, 0.1) is 0 Å². The molecule has 60 valence electrons. The van der Waals surface area contributed by atoms with Crippen molar-refractivity contribution in [1.82, 2.24) is 5.32 Å². The Balaban J connectivity index is 2.56. The van der Waals surface area contributed by atoms with E-state index in [-0.39, 0.29) is 5.54 Å². The molecule has 10 heavy (non-hydrogen) atoms. The van der Waals surface area contributed by atoms with E-state index in [2.05, 4.69) is 12.2 Å². The fraction of sp³-hybridized carbons (Fsp3) is 1.00. The van der Waals surface area contributed by atoms with Crippen LogP contribution in [-0.2, 0) is 0 Å². The maximum Gasteiger partial charge on any atom is 0.0476 e. The van der Waals surface area contributed by atoms with Crippen LogP contribution in [0.15, 0.2) is 0 Å². The van der Waals surface area contributed by atoms with Crippen molar-refractivity contribution in [3.05, 3.63) is 0 Å². The lowest BCUT2D eigenvalue weighted by atomic mass is 9.90. The van der Waals surface area contributed by atoms with Crippen LogP contribution < -0.4 is 5.32 Å². The van der Waals surface area contributed by atoms with Gasteiger partial charge in [-0.25, -0.2) is 0 Å². The van der Waals surface area contributed by atoms with Gasteiger partial charge in [0.25, 0.3) is 0 Å². The van der Waals surface area contributed by atoms with Crippen molar-refractivity contribution in [2.75, 3.05) is 13.7 Å². The van der Waals surface area contributed by atoms with Crippen LogP contribution in [0.5, 0.6) is 0 Å². The van der Waals surface area contributed by atoms with Crippen LogP contribution >= 0.6 is 0 Å². The lowest BCUT2D eigenvalue weighted by Crippen LogP contribution is -2.44. The van der Waals surface area contributed by atoms with Crippen LogP contribution in [0, 0.1) is 5.92 Å². The first-order chi connectivity index (χ1) is 4.73. The van der Waals surface area contributed by atoms with Gasteiger partial charge in [-0.1, -0.05) is 6.42 Å². The van der Waals surface area contributed by atoms with E-state index in [1.165, 1.54) is 19.3 Å². The molecule has 2 heteroatoms. The number of hydrogen-bond acceptors (Lipinski definition) is 2. The summed E-state index contributed by atoms with van der Waals surface area (Å²) in [6.45, 7) is 2.53. The van der Waals surface area contributed by atoms with E-state index in [0.717, 1.165) is 0 Å². The van der Waals surface area contributed by atoms with E-state index in [1.807, 2.05) is 7.05 Å². The Morgan fingerprint density at radius 3 is 2.80 bits per heavy atom. The van der Waals surface area contributed by atoms with Crippen LogP contribution in [0.4, 0.5) is 0 Å². The topological polar surface area (TPSA) is 32.3 Å². The lowest BCUT2D eigenvalue weighted by molar-refractivity contribution is 0.164. The van der Waals surface area contributed by atoms with E-state index < -0.39 is 0 Å². The molecule has 1 rings (SSSR count). The van der Waals surface area contributed by atoms with Gasteiger partial charge in [-0.05, 0) is 32.7 Å². The molecule has 2 atom stereocenters. The SMILES string of the molecule is CNC1(C)CCC[C@@H]1CO. The second-order valence-corrected chi connectivity index (χ2v) is 3.44. The highest BCUT2D eigenvalue weighted by atomic mass is 16.3. The smallest absolute Gasteiger partial charge is 0.0476 e. The van der Waals surface area contributed by atoms with E-state index in [9.17, 15) is 0 Å². The fourth-order valence-corrected chi connectivity index (χ4v) is 1.86. The van der Waals surface area contributed by atoms with Gasteiger partial charge in [-0.3, -0.25) is 0 Å². The normalized spacial score (nSPS) is 40.5. The lowest BCUT2D eigenvalue weighted by Gasteiger charge is -2.29. The molecule has 1 saturated carbocycles. The van der Waals surface area contributed by atoms with Crippen molar-refractivity contribution >= 4 is 0 Å². The van der Waals surface area contributed by atoms with Crippen molar-refractivity contribution in [2.45, 2.75) is 31.7 Å². The number of aliphatic hydroxyl groups excluding tert-OH is 1. The van der Waals surface area contributed by atoms with Crippen LogP contribution in [0.3, 0.4) is 0 Å². The van der Waals surface area contributed by atoms with E-state index >= 15 is 0 Å². The number of hydrogen-bond donors (Lipinski definition) is 2. The minimum atomic E-state index is 0.203. The summed E-state index contributed by atoms with van der Waals surface area (Å²) in [6.07, 6.45) is 3.63. The van der Waals surface area contributed by atoms with Gasteiger partial charge >= 0.3 is 0 Å². The molecule has 0 saturated heterocycles. The molecule has 0 radical (unpaired) electrons. The third-order valence-electron chi connectivity index (χ3n) is 2.94. The van der Waals surface area contributed by atoms with Gasteiger partial charge in [-0.2, -0.15) is 0 Å². The molecule has 0 aliphatic heterocycles. The van der Waals surface area contributed by atoms with Gasteiger partial charge < -0.3 is 10.4 Å². The number of rotatable bonds is 2. The van der Waals surface area contributed by atoms with Gasteiger partial charge in [0.15, 0.2) is 0 Å². The number of aliphatic hydroxyl groups is 1. The monoisotopic (exact) mass is 143 g/mol. The molecule has 0 amide bonds. The summed E-state index contributed by atoms with van der Waals surface area (Å²) in [5.41, 5.74) is 0.203. The van der Waals surface area contributed by atoms with Crippen LogP contribution in [0.1, 0.15) is 26.2 Å². The second kappa shape index (κ2) is 2.89. The molecule has 0 bridgehead atoms. The summed E-state index contributed by atoms with van der Waals surface area (Å²) >= 11 is 0. The third kappa shape index (κ3) is 1.18. The van der Waals surface area contributed by atoms with Crippen LogP contribution in [-0.4, -0.2) is 24.3 Å². The first-order valence-electron chi connectivity index (χ1n) is 4.02. The average Bonchev–Trinajstić information content (AvgIpc) is 2.32. The van der Waals surface area contributed by atoms with E-state index in [0.29, 0.717) is 12.5 Å². The zero-order valence-corrected chi connectivity index (χ0v) is 6.85.